The van der Waals surface area contributed by atoms with Crippen molar-refractivity contribution < 1.29 is 5.21 Å². The Morgan fingerprint density at radius 2 is 2.32 bits per heavy atom. The Kier molecular flexibility index (Phi) is 3.50. The molecule has 0 bridgehead atoms. The summed E-state index contributed by atoms with van der Waals surface area (Å²) >= 11 is 0. The van der Waals surface area contributed by atoms with Crippen molar-refractivity contribution >= 4 is 17.3 Å². The van der Waals surface area contributed by atoms with E-state index in [-0.39, 0.29) is 11.8 Å². The van der Waals surface area contributed by atoms with Gasteiger partial charge in [0.25, 0.3) is 0 Å². The quantitative estimate of drug-likeness (QED) is 0.354. The number of aryl methyl sites for hydroxylation is 1. The third kappa shape index (κ3) is 2.42. The highest BCUT2D eigenvalue weighted by molar-refractivity contribution is 5.82. The van der Waals surface area contributed by atoms with Gasteiger partial charge in [0.15, 0.2) is 5.82 Å². The number of hydrogen-bond acceptors (Lipinski definition) is 6. The van der Waals surface area contributed by atoms with Crippen molar-refractivity contribution in [1.82, 2.24) is 19.6 Å². The lowest BCUT2D eigenvalue weighted by atomic mass is 10.1. The van der Waals surface area contributed by atoms with Crippen LogP contribution in [0.3, 0.4) is 0 Å². The van der Waals surface area contributed by atoms with E-state index in [4.69, 9.17) is 10.9 Å². The van der Waals surface area contributed by atoms with Crippen LogP contribution in [0.25, 0.3) is 5.65 Å². The second kappa shape index (κ2) is 5.09. The monoisotopic (exact) mass is 263 g/mol. The zero-order valence-corrected chi connectivity index (χ0v) is 11.1. The lowest BCUT2D eigenvalue weighted by molar-refractivity contribution is 0.314. The van der Waals surface area contributed by atoms with Gasteiger partial charge in [0.2, 0.25) is 5.65 Å². The Hall–Kier alpha value is -2.38. The van der Waals surface area contributed by atoms with E-state index in [1.54, 1.807) is 6.20 Å². The topological polar surface area (TPSA) is 105 Å². The molecule has 3 N–H and O–H groups in total. The number of anilines is 1. The van der Waals surface area contributed by atoms with Crippen LogP contribution in [0, 0.1) is 12.8 Å². The van der Waals surface area contributed by atoms with Crippen LogP contribution in [-0.4, -0.2) is 44.2 Å². The van der Waals surface area contributed by atoms with Crippen molar-refractivity contribution in [2.24, 2.45) is 16.8 Å². The fraction of sp³-hybridized carbons (Fsp3) is 0.455. The molecule has 0 spiro atoms. The number of fused-ring (bicyclic) bond motifs is 1. The predicted molar refractivity (Wildman–Crippen MR) is 71.4 cm³/mol. The molecule has 8 heteroatoms. The highest BCUT2D eigenvalue weighted by atomic mass is 16.4. The first kappa shape index (κ1) is 13.1. The van der Waals surface area contributed by atoms with E-state index < -0.39 is 0 Å². The van der Waals surface area contributed by atoms with Gasteiger partial charge in [0, 0.05) is 31.9 Å². The van der Waals surface area contributed by atoms with Crippen LogP contribution in [0.1, 0.15) is 12.7 Å². The summed E-state index contributed by atoms with van der Waals surface area (Å²) in [5, 5.41) is 19.8. The molecule has 0 saturated heterocycles. The fourth-order valence-corrected chi connectivity index (χ4v) is 1.89. The van der Waals surface area contributed by atoms with Crippen LogP contribution in [0.4, 0.5) is 5.82 Å². The van der Waals surface area contributed by atoms with Gasteiger partial charge in [-0.1, -0.05) is 12.1 Å². The van der Waals surface area contributed by atoms with Gasteiger partial charge >= 0.3 is 0 Å². The zero-order valence-electron chi connectivity index (χ0n) is 11.1. The van der Waals surface area contributed by atoms with Crippen molar-refractivity contribution in [2.75, 3.05) is 18.5 Å². The molecule has 0 aliphatic rings. The fourth-order valence-electron chi connectivity index (χ4n) is 1.89. The van der Waals surface area contributed by atoms with Crippen LogP contribution >= 0.6 is 0 Å². The summed E-state index contributed by atoms with van der Waals surface area (Å²) in [5.74, 6) is 1.61. The summed E-state index contributed by atoms with van der Waals surface area (Å²) in [7, 11) is 1.88. The molecule has 1 unspecified atom stereocenters. The molecular formula is C11H17N7O. The molecule has 0 aliphatic carbocycles. The molecule has 2 aromatic heterocycles. The molecule has 2 rings (SSSR count). The van der Waals surface area contributed by atoms with Crippen LogP contribution in [0.2, 0.25) is 0 Å². The first-order chi connectivity index (χ1) is 9.04. The van der Waals surface area contributed by atoms with Gasteiger partial charge in [-0.15, -0.1) is 10.2 Å². The summed E-state index contributed by atoms with van der Waals surface area (Å²) < 4.78 is 1.87. The summed E-state index contributed by atoms with van der Waals surface area (Å²) in [6.45, 7) is 4.32. The SMILES string of the molecule is Cc1nnc2c(N(C)CC(C)C(N)=NO)nccn12. The van der Waals surface area contributed by atoms with Crippen molar-refractivity contribution in [3.8, 4) is 0 Å². The van der Waals surface area contributed by atoms with Crippen molar-refractivity contribution in [2.45, 2.75) is 13.8 Å². The largest absolute Gasteiger partial charge is 0.409 e. The van der Waals surface area contributed by atoms with E-state index in [0.29, 0.717) is 18.0 Å². The number of nitrogens with two attached hydrogens (primary N) is 1. The molecule has 2 heterocycles. The van der Waals surface area contributed by atoms with E-state index >= 15 is 0 Å². The third-order valence-corrected chi connectivity index (χ3v) is 3.01. The smallest absolute Gasteiger partial charge is 0.203 e. The molecule has 0 aliphatic heterocycles. The Morgan fingerprint density at radius 1 is 1.58 bits per heavy atom. The second-order valence-corrected chi connectivity index (χ2v) is 4.50. The van der Waals surface area contributed by atoms with Crippen LogP contribution in [0.5, 0.6) is 0 Å². The van der Waals surface area contributed by atoms with Gasteiger partial charge in [0.05, 0.1) is 0 Å². The third-order valence-electron chi connectivity index (χ3n) is 3.01. The number of oxime groups is 1. The Labute approximate surface area is 110 Å². The minimum atomic E-state index is -0.0962. The molecule has 8 nitrogen and oxygen atoms in total. The molecule has 0 fully saturated rings. The summed E-state index contributed by atoms with van der Waals surface area (Å²) in [4.78, 5) is 6.23. The van der Waals surface area contributed by atoms with Crippen molar-refractivity contribution in [3.63, 3.8) is 0 Å². The minimum Gasteiger partial charge on any atom is -0.409 e. The van der Waals surface area contributed by atoms with Gasteiger partial charge in [-0.2, -0.15) is 0 Å². The predicted octanol–water partition coefficient (Wildman–Crippen LogP) is 0.251. The van der Waals surface area contributed by atoms with Gasteiger partial charge in [-0.3, -0.25) is 4.40 Å². The summed E-state index contributed by atoms with van der Waals surface area (Å²) in [6, 6.07) is 0. The molecule has 0 aromatic carbocycles. The maximum absolute atomic E-state index is 8.67. The minimum absolute atomic E-state index is 0.0962. The molecule has 1 atom stereocenters. The van der Waals surface area contributed by atoms with E-state index in [9.17, 15) is 0 Å². The maximum atomic E-state index is 8.67. The lowest BCUT2D eigenvalue weighted by Crippen LogP contribution is -2.33. The van der Waals surface area contributed by atoms with E-state index in [0.717, 1.165) is 5.82 Å². The Bertz CT molecular complexity index is 606. The van der Waals surface area contributed by atoms with E-state index in [2.05, 4.69) is 20.3 Å². The number of aromatic nitrogens is 4. The average Bonchev–Trinajstić information content (AvgIpc) is 2.79. The van der Waals surface area contributed by atoms with Crippen molar-refractivity contribution in [3.05, 3.63) is 18.2 Å². The molecular weight excluding hydrogens is 246 g/mol. The molecule has 0 radical (unpaired) electrons. The normalized spacial score (nSPS) is 13.7. The Balaban J connectivity index is 2.29. The molecule has 0 amide bonds. The average molecular weight is 263 g/mol. The molecule has 102 valence electrons. The molecule has 0 saturated carbocycles. The number of rotatable bonds is 4. The lowest BCUT2D eigenvalue weighted by Gasteiger charge is -2.21. The highest BCUT2D eigenvalue weighted by Crippen LogP contribution is 2.17. The van der Waals surface area contributed by atoms with Gasteiger partial charge < -0.3 is 15.8 Å². The molecule has 2 aromatic rings. The maximum Gasteiger partial charge on any atom is 0.203 e. The second-order valence-electron chi connectivity index (χ2n) is 4.50. The van der Waals surface area contributed by atoms with E-state index in [1.807, 2.05) is 36.4 Å². The van der Waals surface area contributed by atoms with Gasteiger partial charge in [-0.25, -0.2) is 4.98 Å². The Morgan fingerprint density at radius 3 is 3.00 bits per heavy atom. The highest BCUT2D eigenvalue weighted by Gasteiger charge is 2.16. The van der Waals surface area contributed by atoms with Crippen LogP contribution in [-0.2, 0) is 0 Å². The number of hydrogen-bond donors (Lipinski definition) is 2. The van der Waals surface area contributed by atoms with E-state index in [1.165, 1.54) is 0 Å². The number of amidine groups is 1. The number of nitrogens with zero attached hydrogens (tertiary/aromatic N) is 6. The summed E-state index contributed by atoms with van der Waals surface area (Å²) in [6.07, 6.45) is 3.51. The standard InChI is InChI=1S/C11H17N7O/c1-7(9(12)16-19)6-17(3)10-11-15-14-8(2)18(11)5-4-13-10/h4-5,7,19H,6H2,1-3H3,(H2,12,16). The van der Waals surface area contributed by atoms with Crippen LogP contribution in [0.15, 0.2) is 17.5 Å². The van der Waals surface area contributed by atoms with Crippen molar-refractivity contribution in [1.29, 1.82) is 0 Å². The summed E-state index contributed by atoms with van der Waals surface area (Å²) in [5.41, 5.74) is 6.27. The first-order valence-corrected chi connectivity index (χ1v) is 5.89. The molecule has 19 heavy (non-hydrogen) atoms. The first-order valence-electron chi connectivity index (χ1n) is 5.89. The van der Waals surface area contributed by atoms with Gasteiger partial charge in [0.1, 0.15) is 11.7 Å². The van der Waals surface area contributed by atoms with Gasteiger partial charge in [-0.05, 0) is 6.92 Å². The van der Waals surface area contributed by atoms with Crippen LogP contribution < -0.4 is 10.6 Å². The zero-order chi connectivity index (χ0) is 14.0.